The van der Waals surface area contributed by atoms with Crippen molar-refractivity contribution in [2.45, 2.75) is 39.7 Å². The third kappa shape index (κ3) is 3.75. The number of carbonyl (C=O) groups is 3. The first-order chi connectivity index (χ1) is 12.8. The maximum Gasteiger partial charge on any atom is 0.307 e. The largest absolute Gasteiger partial charge is 0.481 e. The quantitative estimate of drug-likeness (QED) is 0.671. The third-order valence-electron chi connectivity index (χ3n) is 5.78. The molecule has 2 bridgehead atoms. The van der Waals surface area contributed by atoms with Gasteiger partial charge >= 0.3 is 5.97 Å². The van der Waals surface area contributed by atoms with Gasteiger partial charge in [-0.05, 0) is 62.3 Å². The molecular formula is C21H26N2O4. The highest BCUT2D eigenvalue weighted by molar-refractivity contribution is 5.98. The Morgan fingerprint density at radius 3 is 2.44 bits per heavy atom. The van der Waals surface area contributed by atoms with Crippen molar-refractivity contribution < 1.29 is 19.5 Å². The summed E-state index contributed by atoms with van der Waals surface area (Å²) in [5, 5.41) is 15.3. The van der Waals surface area contributed by atoms with Crippen LogP contribution in [-0.2, 0) is 9.59 Å². The molecule has 0 saturated heterocycles. The highest BCUT2D eigenvalue weighted by Gasteiger charge is 2.51. The van der Waals surface area contributed by atoms with E-state index in [0.717, 1.165) is 18.4 Å². The summed E-state index contributed by atoms with van der Waals surface area (Å²) in [6.07, 6.45) is 5.46. The van der Waals surface area contributed by atoms with Gasteiger partial charge in [0.05, 0.1) is 11.8 Å². The van der Waals surface area contributed by atoms with Crippen molar-refractivity contribution in [2.24, 2.45) is 23.7 Å². The van der Waals surface area contributed by atoms with Crippen LogP contribution in [0, 0.1) is 30.6 Å². The predicted octanol–water partition coefficient (Wildman–Crippen LogP) is 2.98. The molecule has 0 heterocycles. The number of aliphatic carboxylic acids is 1. The van der Waals surface area contributed by atoms with Gasteiger partial charge in [-0.1, -0.05) is 19.1 Å². The normalized spacial score (nSPS) is 26.6. The van der Waals surface area contributed by atoms with E-state index in [0.29, 0.717) is 11.3 Å². The third-order valence-corrected chi connectivity index (χ3v) is 5.78. The molecule has 2 aliphatic rings. The first-order valence-electron chi connectivity index (χ1n) is 9.45. The van der Waals surface area contributed by atoms with Crippen molar-refractivity contribution in [1.29, 1.82) is 0 Å². The number of nitrogens with one attached hydrogen (secondary N) is 2. The molecule has 3 N–H and O–H groups in total. The van der Waals surface area contributed by atoms with Crippen LogP contribution in [0.2, 0.25) is 0 Å². The molecule has 2 aliphatic carbocycles. The van der Waals surface area contributed by atoms with Crippen molar-refractivity contribution in [2.75, 3.05) is 5.32 Å². The number of rotatable bonds is 6. The first kappa shape index (κ1) is 19.1. The lowest BCUT2D eigenvalue weighted by Crippen LogP contribution is -2.36. The summed E-state index contributed by atoms with van der Waals surface area (Å²) < 4.78 is 0. The Kier molecular flexibility index (Phi) is 5.35. The molecule has 1 aromatic carbocycles. The fourth-order valence-electron chi connectivity index (χ4n) is 4.09. The van der Waals surface area contributed by atoms with E-state index in [-0.39, 0.29) is 29.7 Å². The zero-order chi connectivity index (χ0) is 19.7. The summed E-state index contributed by atoms with van der Waals surface area (Å²) in [5.41, 5.74) is 1.92. The van der Waals surface area contributed by atoms with Crippen molar-refractivity contribution in [1.82, 2.24) is 5.32 Å². The second-order valence-corrected chi connectivity index (χ2v) is 7.64. The number of allylic oxidation sites excluding steroid dienone is 2. The van der Waals surface area contributed by atoms with Crippen LogP contribution in [0.25, 0.3) is 0 Å². The summed E-state index contributed by atoms with van der Waals surface area (Å²) in [7, 11) is 0. The molecule has 6 heteroatoms. The molecule has 0 unspecified atom stereocenters. The molecule has 0 aromatic heterocycles. The number of amides is 2. The monoisotopic (exact) mass is 370 g/mol. The van der Waals surface area contributed by atoms with E-state index in [4.69, 9.17) is 0 Å². The van der Waals surface area contributed by atoms with Gasteiger partial charge in [0, 0.05) is 17.3 Å². The summed E-state index contributed by atoms with van der Waals surface area (Å²) in [4.78, 5) is 36.6. The Morgan fingerprint density at radius 1 is 1.19 bits per heavy atom. The smallest absolute Gasteiger partial charge is 0.307 e. The highest BCUT2D eigenvalue weighted by Crippen LogP contribution is 2.48. The van der Waals surface area contributed by atoms with E-state index in [1.54, 1.807) is 18.2 Å². The van der Waals surface area contributed by atoms with Gasteiger partial charge in [0.1, 0.15) is 0 Å². The van der Waals surface area contributed by atoms with Gasteiger partial charge in [-0.15, -0.1) is 0 Å². The Labute approximate surface area is 159 Å². The van der Waals surface area contributed by atoms with Crippen molar-refractivity contribution in [3.8, 4) is 0 Å². The number of hydrogen-bond acceptors (Lipinski definition) is 3. The maximum atomic E-state index is 12.8. The van der Waals surface area contributed by atoms with Crippen LogP contribution in [-0.4, -0.2) is 28.9 Å². The second kappa shape index (κ2) is 7.55. The number of carboxylic acid groups (broad SMARTS) is 1. The Hall–Kier alpha value is -2.63. The maximum absolute atomic E-state index is 12.8. The van der Waals surface area contributed by atoms with Crippen LogP contribution >= 0.6 is 0 Å². The van der Waals surface area contributed by atoms with Crippen molar-refractivity contribution in [3.63, 3.8) is 0 Å². The zero-order valence-electron chi connectivity index (χ0n) is 15.9. The van der Waals surface area contributed by atoms with Gasteiger partial charge in [0.2, 0.25) is 5.91 Å². The number of benzene rings is 1. The summed E-state index contributed by atoms with van der Waals surface area (Å²) in [5.74, 6) is -2.62. The van der Waals surface area contributed by atoms with Gasteiger partial charge in [-0.25, -0.2) is 0 Å². The molecule has 5 atom stereocenters. The Morgan fingerprint density at radius 2 is 1.85 bits per heavy atom. The molecule has 0 spiro atoms. The average molecular weight is 370 g/mol. The Bertz CT molecular complexity index is 801. The van der Waals surface area contributed by atoms with Gasteiger partial charge in [0.25, 0.3) is 5.91 Å². The Balaban J connectivity index is 1.72. The SMILES string of the molecule is CC[C@H](C)NC(=O)c1ccc(NC(=O)[C@@H]2[C@H](C(=O)O)[C@H]3C=C[C@H]2C3)c(C)c1. The molecule has 1 saturated carbocycles. The molecule has 144 valence electrons. The van der Waals surface area contributed by atoms with E-state index in [1.165, 1.54) is 0 Å². The van der Waals surface area contributed by atoms with E-state index in [1.807, 2.05) is 32.9 Å². The predicted molar refractivity (Wildman–Crippen MR) is 102 cm³/mol. The van der Waals surface area contributed by atoms with Gasteiger partial charge in [-0.3, -0.25) is 14.4 Å². The lowest BCUT2D eigenvalue weighted by Gasteiger charge is -2.24. The summed E-state index contributed by atoms with van der Waals surface area (Å²) >= 11 is 0. The van der Waals surface area contributed by atoms with Gasteiger partial charge < -0.3 is 15.7 Å². The fourth-order valence-corrected chi connectivity index (χ4v) is 4.09. The molecule has 0 aliphatic heterocycles. The number of carbonyl (C=O) groups excluding carboxylic acids is 2. The van der Waals surface area contributed by atoms with E-state index in [9.17, 15) is 19.5 Å². The number of hydrogen-bond donors (Lipinski definition) is 3. The van der Waals surface area contributed by atoms with Crippen LogP contribution in [0.4, 0.5) is 5.69 Å². The number of carboxylic acids is 1. The van der Waals surface area contributed by atoms with E-state index >= 15 is 0 Å². The minimum atomic E-state index is -0.916. The van der Waals surface area contributed by atoms with E-state index in [2.05, 4.69) is 10.6 Å². The molecule has 0 radical (unpaired) electrons. The minimum absolute atomic E-state index is 0.0167. The zero-order valence-corrected chi connectivity index (χ0v) is 15.9. The topological polar surface area (TPSA) is 95.5 Å². The average Bonchev–Trinajstić information content (AvgIpc) is 3.24. The van der Waals surface area contributed by atoms with Gasteiger partial charge in [-0.2, -0.15) is 0 Å². The van der Waals surface area contributed by atoms with Crippen LogP contribution in [0.15, 0.2) is 30.4 Å². The van der Waals surface area contributed by atoms with Crippen LogP contribution in [0.5, 0.6) is 0 Å². The minimum Gasteiger partial charge on any atom is -0.481 e. The molecule has 2 amide bonds. The molecule has 1 fully saturated rings. The van der Waals surface area contributed by atoms with Crippen LogP contribution in [0.1, 0.15) is 42.6 Å². The first-order valence-corrected chi connectivity index (χ1v) is 9.45. The molecule has 27 heavy (non-hydrogen) atoms. The number of anilines is 1. The molecule has 3 rings (SSSR count). The van der Waals surface area contributed by atoms with Crippen molar-refractivity contribution >= 4 is 23.5 Å². The summed E-state index contributed by atoms with van der Waals surface area (Å²) in [6.45, 7) is 5.77. The molecule has 6 nitrogen and oxygen atoms in total. The molecular weight excluding hydrogens is 344 g/mol. The number of fused-ring (bicyclic) bond motifs is 2. The molecule has 1 aromatic rings. The van der Waals surface area contributed by atoms with Crippen LogP contribution in [0.3, 0.4) is 0 Å². The number of aryl methyl sites for hydroxylation is 1. The highest BCUT2D eigenvalue weighted by atomic mass is 16.4. The van der Waals surface area contributed by atoms with Gasteiger partial charge in [0.15, 0.2) is 0 Å². The van der Waals surface area contributed by atoms with Crippen molar-refractivity contribution in [3.05, 3.63) is 41.5 Å². The lowest BCUT2D eigenvalue weighted by atomic mass is 9.82. The fraction of sp³-hybridized carbons (Fsp3) is 0.476. The standard InChI is InChI=1S/C21H26N2O4/c1-4-12(3)22-19(24)15-7-8-16(11(2)9-15)23-20(25)17-13-5-6-14(10-13)18(17)21(26)27/h5-9,12-14,17-18H,4,10H2,1-3H3,(H,22,24)(H,23,25)(H,26,27)/t12-,13-,14-,17-,18+/m0/s1. The lowest BCUT2D eigenvalue weighted by molar-refractivity contribution is -0.146. The van der Waals surface area contributed by atoms with Crippen LogP contribution < -0.4 is 10.6 Å². The van der Waals surface area contributed by atoms with E-state index < -0.39 is 17.8 Å². The second-order valence-electron chi connectivity index (χ2n) is 7.64. The summed E-state index contributed by atoms with van der Waals surface area (Å²) in [6, 6.07) is 5.21.